The van der Waals surface area contributed by atoms with Crippen LogP contribution in [0.4, 0.5) is 0 Å². The summed E-state index contributed by atoms with van der Waals surface area (Å²) in [6, 6.07) is 15.9. The molecule has 30 heavy (non-hydrogen) atoms. The Kier molecular flexibility index (Phi) is 8.96. The van der Waals surface area contributed by atoms with E-state index >= 15 is 0 Å². The first-order valence-corrected chi connectivity index (χ1v) is 10.0. The molecule has 1 aliphatic heterocycles. The highest BCUT2D eigenvalue weighted by molar-refractivity contribution is 5.85. The monoisotopic (exact) mass is 433 g/mol. The van der Waals surface area contributed by atoms with Crippen molar-refractivity contribution in [2.45, 2.75) is 19.0 Å². The van der Waals surface area contributed by atoms with Gasteiger partial charge >= 0.3 is 0 Å². The van der Waals surface area contributed by atoms with Crippen LogP contribution in [0.1, 0.15) is 30.1 Å². The Hall–Kier alpha value is -2.28. The molecule has 0 bridgehead atoms. The molecule has 6 nitrogen and oxygen atoms in total. The predicted octanol–water partition coefficient (Wildman–Crippen LogP) is 3.29. The van der Waals surface area contributed by atoms with Gasteiger partial charge in [0.2, 0.25) is 5.91 Å². The molecule has 1 N–H and O–H groups in total. The van der Waals surface area contributed by atoms with Crippen molar-refractivity contribution in [3.05, 3.63) is 59.7 Å². The second-order valence-electron chi connectivity index (χ2n) is 7.35. The number of nitrogens with one attached hydrogen (secondary N) is 1. The van der Waals surface area contributed by atoms with E-state index in [-0.39, 0.29) is 30.4 Å². The van der Waals surface area contributed by atoms with E-state index in [1.54, 1.807) is 19.1 Å². The Bertz CT molecular complexity index is 833. The maximum atomic E-state index is 13.1. The van der Waals surface area contributed by atoms with Gasteiger partial charge in [-0.2, -0.15) is 0 Å². The van der Waals surface area contributed by atoms with Crippen molar-refractivity contribution >= 4 is 18.3 Å². The summed E-state index contributed by atoms with van der Waals surface area (Å²) in [6.07, 6.45) is 0. The van der Waals surface area contributed by atoms with Gasteiger partial charge in [0.1, 0.15) is 11.5 Å². The highest BCUT2D eigenvalue weighted by Gasteiger charge is 2.29. The molecule has 1 aliphatic rings. The van der Waals surface area contributed by atoms with Crippen molar-refractivity contribution < 1.29 is 14.3 Å². The van der Waals surface area contributed by atoms with Crippen molar-refractivity contribution in [2.24, 2.45) is 0 Å². The van der Waals surface area contributed by atoms with E-state index in [1.807, 2.05) is 56.4 Å². The van der Waals surface area contributed by atoms with E-state index in [1.165, 1.54) is 0 Å². The number of piperazine rings is 1. The number of amides is 1. The molecule has 2 unspecified atom stereocenters. The number of benzene rings is 2. The minimum Gasteiger partial charge on any atom is -0.496 e. The summed E-state index contributed by atoms with van der Waals surface area (Å²) in [5.74, 6) is 1.74. The number of para-hydroxylation sites is 2. The molecule has 2 aromatic rings. The van der Waals surface area contributed by atoms with Gasteiger partial charge in [-0.1, -0.05) is 36.4 Å². The molecule has 0 aliphatic carbocycles. The molecule has 0 saturated carbocycles. The lowest BCUT2D eigenvalue weighted by Gasteiger charge is -2.38. The smallest absolute Gasteiger partial charge is 0.237 e. The van der Waals surface area contributed by atoms with Crippen LogP contribution >= 0.6 is 12.4 Å². The van der Waals surface area contributed by atoms with Crippen LogP contribution in [0.25, 0.3) is 0 Å². The number of hydrogen-bond acceptors (Lipinski definition) is 5. The summed E-state index contributed by atoms with van der Waals surface area (Å²) in [7, 11) is 5.21. The molecular weight excluding hydrogens is 402 g/mol. The molecule has 164 valence electrons. The SMILES string of the molecule is COc1ccccc1C1CNCCN1CC(=O)N(C)C(C)c1ccccc1OC.Cl. The first-order chi connectivity index (χ1) is 14.1. The molecule has 2 atom stereocenters. The molecule has 7 heteroatoms. The molecule has 0 radical (unpaired) electrons. The second-order valence-corrected chi connectivity index (χ2v) is 7.35. The average molecular weight is 434 g/mol. The zero-order chi connectivity index (χ0) is 20.8. The first-order valence-electron chi connectivity index (χ1n) is 10.0. The lowest BCUT2D eigenvalue weighted by atomic mass is 10.0. The fourth-order valence-corrected chi connectivity index (χ4v) is 3.91. The van der Waals surface area contributed by atoms with E-state index in [9.17, 15) is 4.79 Å². The molecule has 1 fully saturated rings. The van der Waals surface area contributed by atoms with Crippen molar-refractivity contribution in [3.8, 4) is 11.5 Å². The third-order valence-corrected chi connectivity index (χ3v) is 5.75. The summed E-state index contributed by atoms with van der Waals surface area (Å²) in [6.45, 7) is 4.86. The third-order valence-electron chi connectivity index (χ3n) is 5.75. The number of carbonyl (C=O) groups is 1. The minimum atomic E-state index is -0.0775. The normalized spacial score (nSPS) is 17.5. The van der Waals surface area contributed by atoms with Crippen molar-refractivity contribution in [1.82, 2.24) is 15.1 Å². The van der Waals surface area contributed by atoms with Gasteiger partial charge in [0.15, 0.2) is 0 Å². The zero-order valence-corrected chi connectivity index (χ0v) is 18.9. The maximum Gasteiger partial charge on any atom is 0.237 e. The highest BCUT2D eigenvalue weighted by Crippen LogP contribution is 2.31. The Morgan fingerprint density at radius 1 is 1.13 bits per heavy atom. The molecule has 1 heterocycles. The van der Waals surface area contributed by atoms with Crippen LogP contribution in [-0.2, 0) is 4.79 Å². The topological polar surface area (TPSA) is 54.0 Å². The molecule has 2 aromatic carbocycles. The number of nitrogens with zero attached hydrogens (tertiary/aromatic N) is 2. The van der Waals surface area contributed by atoms with Crippen molar-refractivity contribution in [2.75, 3.05) is 47.4 Å². The number of ether oxygens (including phenoxy) is 2. The predicted molar refractivity (Wildman–Crippen MR) is 122 cm³/mol. The van der Waals surface area contributed by atoms with E-state index < -0.39 is 0 Å². The van der Waals surface area contributed by atoms with Crippen LogP contribution in [0.5, 0.6) is 11.5 Å². The minimum absolute atomic E-state index is 0. The summed E-state index contributed by atoms with van der Waals surface area (Å²) >= 11 is 0. The van der Waals surface area contributed by atoms with Crippen LogP contribution in [0, 0.1) is 0 Å². The quantitative estimate of drug-likeness (QED) is 0.726. The van der Waals surface area contributed by atoms with E-state index in [2.05, 4.69) is 16.3 Å². The number of hydrogen-bond donors (Lipinski definition) is 1. The number of methoxy groups -OCH3 is 2. The van der Waals surface area contributed by atoms with Gasteiger partial charge in [-0.3, -0.25) is 9.69 Å². The molecular formula is C23H32ClN3O3. The Morgan fingerprint density at radius 3 is 2.47 bits per heavy atom. The van der Waals surface area contributed by atoms with Crippen LogP contribution in [0.2, 0.25) is 0 Å². The maximum absolute atomic E-state index is 13.1. The largest absolute Gasteiger partial charge is 0.496 e. The van der Waals surface area contributed by atoms with Gasteiger partial charge in [-0.15, -0.1) is 12.4 Å². The Labute approximate surface area is 185 Å². The number of rotatable bonds is 7. The van der Waals surface area contributed by atoms with E-state index in [0.29, 0.717) is 6.54 Å². The molecule has 0 spiro atoms. The van der Waals surface area contributed by atoms with E-state index in [4.69, 9.17) is 9.47 Å². The zero-order valence-electron chi connectivity index (χ0n) is 18.1. The number of halogens is 1. The highest BCUT2D eigenvalue weighted by atomic mass is 35.5. The van der Waals surface area contributed by atoms with Gasteiger partial charge in [0.05, 0.1) is 32.8 Å². The van der Waals surface area contributed by atoms with Crippen LogP contribution in [-0.4, -0.2) is 63.2 Å². The summed E-state index contributed by atoms with van der Waals surface area (Å²) in [5.41, 5.74) is 2.11. The molecule has 1 saturated heterocycles. The third kappa shape index (κ3) is 5.25. The lowest BCUT2D eigenvalue weighted by molar-refractivity contribution is -0.133. The second kappa shape index (κ2) is 11.2. The molecule has 1 amide bonds. The summed E-state index contributed by atoms with van der Waals surface area (Å²) in [4.78, 5) is 17.2. The van der Waals surface area contributed by atoms with Gasteiger partial charge in [0, 0.05) is 37.8 Å². The van der Waals surface area contributed by atoms with Crippen molar-refractivity contribution in [1.29, 1.82) is 0 Å². The Balaban J connectivity index is 0.00000320. The summed E-state index contributed by atoms with van der Waals surface area (Å²) in [5, 5.41) is 3.44. The lowest BCUT2D eigenvalue weighted by Crippen LogP contribution is -2.50. The first kappa shape index (κ1) is 24.0. The Morgan fingerprint density at radius 2 is 1.77 bits per heavy atom. The number of likely N-dealkylation sites (N-methyl/N-ethyl adjacent to an activating group) is 1. The van der Waals surface area contributed by atoms with Gasteiger partial charge in [0.25, 0.3) is 0 Å². The van der Waals surface area contributed by atoms with E-state index in [0.717, 1.165) is 42.3 Å². The van der Waals surface area contributed by atoms with Crippen LogP contribution in [0.15, 0.2) is 48.5 Å². The van der Waals surface area contributed by atoms with Crippen molar-refractivity contribution in [3.63, 3.8) is 0 Å². The van der Waals surface area contributed by atoms with Crippen LogP contribution < -0.4 is 14.8 Å². The van der Waals surface area contributed by atoms with Gasteiger partial charge in [-0.25, -0.2) is 0 Å². The average Bonchev–Trinajstić information content (AvgIpc) is 2.78. The van der Waals surface area contributed by atoms with Gasteiger partial charge in [-0.05, 0) is 19.1 Å². The fraction of sp³-hybridized carbons (Fsp3) is 0.435. The molecule has 0 aromatic heterocycles. The van der Waals surface area contributed by atoms with Crippen LogP contribution in [0.3, 0.4) is 0 Å². The number of carbonyl (C=O) groups excluding carboxylic acids is 1. The molecule has 3 rings (SSSR count). The standard InChI is InChI=1S/C23H31N3O3.ClH/c1-17(18-9-5-7-11-21(18)28-3)25(2)23(27)16-26-14-13-24-15-20(26)19-10-6-8-12-22(19)29-4;/h5-12,17,20,24H,13-16H2,1-4H3;1H. The fourth-order valence-electron chi connectivity index (χ4n) is 3.91. The summed E-state index contributed by atoms with van der Waals surface area (Å²) < 4.78 is 11.0. The van der Waals surface area contributed by atoms with Gasteiger partial charge < -0.3 is 19.7 Å².